The molecule has 1 atom stereocenters. The molecule has 0 spiro atoms. The minimum Gasteiger partial charge on any atom is -0.0683 e. The molecular weight excluding hydrogens is 192 g/mol. The predicted molar refractivity (Wildman–Crippen MR) is 76.9 cm³/mol. The summed E-state index contributed by atoms with van der Waals surface area (Å²) in [7, 11) is 0. The summed E-state index contributed by atoms with van der Waals surface area (Å²) in [5.74, 6) is 0.949. The molecule has 0 heteroatoms. The fourth-order valence-corrected chi connectivity index (χ4v) is 1.23. The number of rotatable bonds is 3. The Bertz CT molecular complexity index is 201. The van der Waals surface area contributed by atoms with Crippen molar-refractivity contribution < 1.29 is 0 Å². The highest BCUT2D eigenvalue weighted by Crippen LogP contribution is 2.07. The van der Waals surface area contributed by atoms with Crippen molar-refractivity contribution in [2.45, 2.75) is 60.8 Å². The van der Waals surface area contributed by atoms with E-state index in [0.29, 0.717) is 0 Å². The second-order valence-corrected chi connectivity index (χ2v) is 3.96. The van der Waals surface area contributed by atoms with E-state index < -0.39 is 0 Å². The molecule has 0 aromatic heterocycles. The standard InChI is InChI=1S/C7H8.C7H16.C2H6/c1-7-5-3-2-4-6-7;1-4-6-7(3)5-2;1-2/h2-6H,1H3;7H,4-6H2,1-3H3;1-2H3. The smallest absolute Gasteiger partial charge is 0.0398 e. The highest BCUT2D eigenvalue weighted by atomic mass is 14.0. The van der Waals surface area contributed by atoms with E-state index in [1.807, 2.05) is 32.0 Å². The van der Waals surface area contributed by atoms with Gasteiger partial charge in [0.25, 0.3) is 0 Å². The number of aryl methyl sites for hydroxylation is 1. The molecular formula is C16H30. The lowest BCUT2D eigenvalue weighted by atomic mass is 10.0. The maximum absolute atomic E-state index is 2.31. The first-order chi connectivity index (χ1) is 7.70. The summed E-state index contributed by atoms with van der Waals surface area (Å²) in [6.07, 6.45) is 4.08. The van der Waals surface area contributed by atoms with Gasteiger partial charge >= 0.3 is 0 Å². The maximum Gasteiger partial charge on any atom is -0.0398 e. The van der Waals surface area contributed by atoms with Gasteiger partial charge in [0, 0.05) is 0 Å². The minimum atomic E-state index is 0.949. The molecule has 0 amide bonds. The lowest BCUT2D eigenvalue weighted by molar-refractivity contribution is 0.509. The summed E-state index contributed by atoms with van der Waals surface area (Å²) < 4.78 is 0. The van der Waals surface area contributed by atoms with Crippen molar-refractivity contribution >= 4 is 0 Å². The molecule has 94 valence electrons. The van der Waals surface area contributed by atoms with Gasteiger partial charge in [0.1, 0.15) is 0 Å². The van der Waals surface area contributed by atoms with Crippen LogP contribution in [0.5, 0.6) is 0 Å². The Hall–Kier alpha value is -0.780. The second-order valence-electron chi connectivity index (χ2n) is 3.96. The van der Waals surface area contributed by atoms with Crippen molar-refractivity contribution in [2.24, 2.45) is 5.92 Å². The van der Waals surface area contributed by atoms with Gasteiger partial charge in [0.15, 0.2) is 0 Å². The molecule has 0 aliphatic carbocycles. The lowest BCUT2D eigenvalue weighted by Gasteiger charge is -2.02. The van der Waals surface area contributed by atoms with Gasteiger partial charge in [-0.15, -0.1) is 0 Å². The predicted octanol–water partition coefficient (Wildman–Crippen LogP) is 5.85. The molecule has 0 radical (unpaired) electrons. The fraction of sp³-hybridized carbons (Fsp3) is 0.625. The summed E-state index contributed by atoms with van der Waals surface area (Å²) in [6, 6.07) is 10.3. The highest BCUT2D eigenvalue weighted by molar-refractivity contribution is 5.11. The lowest BCUT2D eigenvalue weighted by Crippen LogP contribution is -1.88. The van der Waals surface area contributed by atoms with Gasteiger partial charge in [-0.3, -0.25) is 0 Å². The Morgan fingerprint density at radius 1 is 1.00 bits per heavy atom. The molecule has 0 nitrogen and oxygen atoms in total. The first kappa shape index (κ1) is 17.6. The minimum absolute atomic E-state index is 0.949. The van der Waals surface area contributed by atoms with Crippen LogP contribution in [0.15, 0.2) is 30.3 Å². The van der Waals surface area contributed by atoms with Gasteiger partial charge in [-0.1, -0.05) is 89.8 Å². The topological polar surface area (TPSA) is 0 Å². The van der Waals surface area contributed by atoms with Crippen LogP contribution >= 0.6 is 0 Å². The first-order valence-electron chi connectivity index (χ1n) is 6.72. The van der Waals surface area contributed by atoms with Crippen LogP contribution in [0.1, 0.15) is 59.4 Å². The molecule has 1 aromatic carbocycles. The SMILES string of the molecule is CC.CCCC(C)CC.Cc1ccccc1. The average Bonchev–Trinajstić information content (AvgIpc) is 2.34. The molecule has 0 bridgehead atoms. The summed E-state index contributed by atoms with van der Waals surface area (Å²) in [4.78, 5) is 0. The van der Waals surface area contributed by atoms with E-state index in [0.717, 1.165) is 5.92 Å². The first-order valence-corrected chi connectivity index (χ1v) is 6.72. The third-order valence-electron chi connectivity index (χ3n) is 2.42. The van der Waals surface area contributed by atoms with Crippen LogP contribution in [-0.2, 0) is 0 Å². The number of benzene rings is 1. The van der Waals surface area contributed by atoms with E-state index in [1.165, 1.54) is 24.8 Å². The van der Waals surface area contributed by atoms with E-state index >= 15 is 0 Å². The van der Waals surface area contributed by atoms with E-state index in [9.17, 15) is 0 Å². The third kappa shape index (κ3) is 13.2. The van der Waals surface area contributed by atoms with Crippen molar-refractivity contribution in [3.63, 3.8) is 0 Å². The molecule has 1 rings (SSSR count). The molecule has 1 aromatic rings. The molecule has 0 heterocycles. The van der Waals surface area contributed by atoms with Gasteiger partial charge in [-0.25, -0.2) is 0 Å². The van der Waals surface area contributed by atoms with Crippen molar-refractivity contribution in [1.29, 1.82) is 0 Å². The quantitative estimate of drug-likeness (QED) is 0.601. The van der Waals surface area contributed by atoms with E-state index in [1.54, 1.807) is 0 Å². The average molecular weight is 222 g/mol. The summed E-state index contributed by atoms with van der Waals surface area (Å²) in [5, 5.41) is 0. The third-order valence-corrected chi connectivity index (χ3v) is 2.42. The summed E-state index contributed by atoms with van der Waals surface area (Å²) in [5.41, 5.74) is 1.32. The van der Waals surface area contributed by atoms with Crippen LogP contribution in [0.25, 0.3) is 0 Å². The van der Waals surface area contributed by atoms with Gasteiger partial charge in [-0.2, -0.15) is 0 Å². The summed E-state index contributed by atoms with van der Waals surface area (Å²) >= 11 is 0. The van der Waals surface area contributed by atoms with E-state index in [-0.39, 0.29) is 0 Å². The molecule has 0 aliphatic rings. The highest BCUT2D eigenvalue weighted by Gasteiger charge is 1.92. The molecule has 0 saturated heterocycles. The van der Waals surface area contributed by atoms with Crippen molar-refractivity contribution in [2.75, 3.05) is 0 Å². The number of hydrogen-bond acceptors (Lipinski definition) is 0. The number of hydrogen-bond donors (Lipinski definition) is 0. The normalized spacial score (nSPS) is 10.4. The van der Waals surface area contributed by atoms with Crippen LogP contribution < -0.4 is 0 Å². The van der Waals surface area contributed by atoms with Gasteiger partial charge in [0.05, 0.1) is 0 Å². The van der Waals surface area contributed by atoms with E-state index in [2.05, 4.69) is 39.8 Å². The maximum atomic E-state index is 2.31. The molecule has 0 N–H and O–H groups in total. The zero-order chi connectivity index (χ0) is 12.8. The molecule has 0 saturated carbocycles. The van der Waals surface area contributed by atoms with Gasteiger partial charge in [0.2, 0.25) is 0 Å². The van der Waals surface area contributed by atoms with Crippen molar-refractivity contribution in [3.8, 4) is 0 Å². The van der Waals surface area contributed by atoms with Gasteiger partial charge in [-0.05, 0) is 12.8 Å². The van der Waals surface area contributed by atoms with E-state index in [4.69, 9.17) is 0 Å². The Balaban J connectivity index is 0. The van der Waals surface area contributed by atoms with Crippen LogP contribution in [0.3, 0.4) is 0 Å². The zero-order valence-corrected chi connectivity index (χ0v) is 12.1. The Labute approximate surface area is 103 Å². The Kier molecular flexibility index (Phi) is 15.7. The van der Waals surface area contributed by atoms with Crippen LogP contribution in [0, 0.1) is 12.8 Å². The second kappa shape index (κ2) is 14.2. The molecule has 0 fully saturated rings. The fourth-order valence-electron chi connectivity index (χ4n) is 1.23. The van der Waals surface area contributed by atoms with Crippen molar-refractivity contribution in [3.05, 3.63) is 35.9 Å². The molecule has 1 unspecified atom stereocenters. The molecule has 0 aliphatic heterocycles. The largest absolute Gasteiger partial charge is 0.0683 e. The zero-order valence-electron chi connectivity index (χ0n) is 12.1. The van der Waals surface area contributed by atoms with Crippen molar-refractivity contribution in [1.82, 2.24) is 0 Å². The monoisotopic (exact) mass is 222 g/mol. The Morgan fingerprint density at radius 2 is 1.50 bits per heavy atom. The Morgan fingerprint density at radius 3 is 1.69 bits per heavy atom. The van der Waals surface area contributed by atoms with Gasteiger partial charge < -0.3 is 0 Å². The summed E-state index contributed by atoms with van der Waals surface area (Å²) in [6.45, 7) is 12.9. The van der Waals surface area contributed by atoms with Crippen LogP contribution in [-0.4, -0.2) is 0 Å². The van der Waals surface area contributed by atoms with Crippen LogP contribution in [0.4, 0.5) is 0 Å². The van der Waals surface area contributed by atoms with Crippen LogP contribution in [0.2, 0.25) is 0 Å². The molecule has 16 heavy (non-hydrogen) atoms.